The Morgan fingerprint density at radius 3 is 2.60 bits per heavy atom. The van der Waals surface area contributed by atoms with Crippen molar-refractivity contribution < 1.29 is 8.42 Å². The quantitative estimate of drug-likeness (QED) is 0.525. The Kier molecular flexibility index (Phi) is 3.83. The van der Waals surface area contributed by atoms with Gasteiger partial charge in [0, 0.05) is 44.9 Å². The highest BCUT2D eigenvalue weighted by Gasteiger charge is 2.19. The third-order valence-corrected chi connectivity index (χ3v) is 5.93. The molecule has 8 heteroatoms. The number of nitrogens with one attached hydrogen (secondary N) is 2. The Hall–Kier alpha value is -2.28. The maximum Gasteiger partial charge on any atom is 0.263 e. The largest absolute Gasteiger partial charge is 0.354 e. The second-order valence-electron chi connectivity index (χ2n) is 5.49. The van der Waals surface area contributed by atoms with Crippen molar-refractivity contribution in [2.45, 2.75) is 4.90 Å². The number of hydrogen-bond donors (Lipinski definition) is 2. The van der Waals surface area contributed by atoms with Crippen LogP contribution in [0.15, 0.2) is 59.8 Å². The minimum absolute atomic E-state index is 0.0673. The molecule has 0 amide bonds. The fraction of sp³-hybridized carbons (Fsp3) is 0. The standard InChI is InChI=1S/C17H11Cl2N3O2S/c18-10-1-3-14(19)17(7-10)25(23,24)22-11-2-4-15-12(8-11)13-9-20-6-5-16(13)21-15/h1-9,21-22H. The number of nitrogens with zero attached hydrogens (tertiary/aromatic N) is 1. The fourth-order valence-corrected chi connectivity index (χ4v) is 4.51. The number of anilines is 1. The summed E-state index contributed by atoms with van der Waals surface area (Å²) in [7, 11) is -3.86. The molecular weight excluding hydrogens is 381 g/mol. The van der Waals surface area contributed by atoms with E-state index in [1.807, 2.05) is 12.1 Å². The summed E-state index contributed by atoms with van der Waals surface area (Å²) in [6.07, 6.45) is 3.43. The van der Waals surface area contributed by atoms with Gasteiger partial charge in [-0.1, -0.05) is 23.2 Å². The molecule has 0 spiro atoms. The van der Waals surface area contributed by atoms with Crippen LogP contribution in [0.4, 0.5) is 5.69 Å². The minimum Gasteiger partial charge on any atom is -0.354 e. The second-order valence-corrected chi connectivity index (χ2v) is 7.98. The molecule has 0 saturated carbocycles. The minimum atomic E-state index is -3.86. The summed E-state index contributed by atoms with van der Waals surface area (Å²) in [6.45, 7) is 0. The average Bonchev–Trinajstić information content (AvgIpc) is 2.95. The van der Waals surface area contributed by atoms with Gasteiger partial charge in [0.1, 0.15) is 4.90 Å². The summed E-state index contributed by atoms with van der Waals surface area (Å²) in [5, 5.41) is 2.19. The van der Waals surface area contributed by atoms with Crippen molar-refractivity contribution in [1.82, 2.24) is 9.97 Å². The second kappa shape index (κ2) is 5.91. The number of H-pyrrole nitrogens is 1. The van der Waals surface area contributed by atoms with Crippen LogP contribution in [0.2, 0.25) is 10.0 Å². The molecule has 0 saturated heterocycles. The van der Waals surface area contributed by atoms with E-state index in [1.165, 1.54) is 18.2 Å². The highest BCUT2D eigenvalue weighted by atomic mass is 35.5. The highest BCUT2D eigenvalue weighted by molar-refractivity contribution is 7.92. The number of hydrogen-bond acceptors (Lipinski definition) is 3. The van der Waals surface area contributed by atoms with Gasteiger partial charge in [0.15, 0.2) is 0 Å². The van der Waals surface area contributed by atoms with Gasteiger partial charge in [-0.2, -0.15) is 0 Å². The zero-order valence-corrected chi connectivity index (χ0v) is 15.0. The van der Waals surface area contributed by atoms with Gasteiger partial charge in [-0.3, -0.25) is 9.71 Å². The summed E-state index contributed by atoms with van der Waals surface area (Å²) in [4.78, 5) is 7.31. The molecule has 4 aromatic rings. The van der Waals surface area contributed by atoms with Gasteiger partial charge in [-0.05, 0) is 42.5 Å². The molecule has 0 bridgehead atoms. The van der Waals surface area contributed by atoms with Crippen LogP contribution in [0, 0.1) is 0 Å². The van der Waals surface area contributed by atoms with Crippen LogP contribution in [-0.4, -0.2) is 18.4 Å². The van der Waals surface area contributed by atoms with Crippen LogP contribution in [0.5, 0.6) is 0 Å². The molecule has 0 unspecified atom stereocenters. The number of benzene rings is 2. The first-order chi connectivity index (χ1) is 11.9. The van der Waals surface area contributed by atoms with E-state index in [0.29, 0.717) is 10.7 Å². The van der Waals surface area contributed by atoms with Gasteiger partial charge in [-0.15, -0.1) is 0 Å². The van der Waals surface area contributed by atoms with E-state index in [4.69, 9.17) is 23.2 Å². The van der Waals surface area contributed by atoms with Crippen molar-refractivity contribution >= 4 is 60.7 Å². The molecule has 25 heavy (non-hydrogen) atoms. The summed E-state index contributed by atoms with van der Waals surface area (Å²) >= 11 is 11.9. The fourth-order valence-electron chi connectivity index (χ4n) is 2.70. The molecule has 0 radical (unpaired) electrons. The zero-order chi connectivity index (χ0) is 17.6. The molecule has 0 atom stereocenters. The van der Waals surface area contributed by atoms with E-state index in [0.717, 1.165) is 21.8 Å². The van der Waals surface area contributed by atoms with Gasteiger partial charge in [0.05, 0.1) is 5.02 Å². The van der Waals surface area contributed by atoms with Crippen LogP contribution in [-0.2, 0) is 10.0 Å². The SMILES string of the molecule is O=S(=O)(Nc1ccc2[nH]c3ccncc3c2c1)c1cc(Cl)ccc1Cl. The van der Waals surface area contributed by atoms with E-state index >= 15 is 0 Å². The lowest BCUT2D eigenvalue weighted by Gasteiger charge is -2.10. The molecule has 2 aromatic carbocycles. The Morgan fingerprint density at radius 2 is 1.76 bits per heavy atom. The average molecular weight is 392 g/mol. The summed E-state index contributed by atoms with van der Waals surface area (Å²) in [6, 6.07) is 11.4. The Labute approximate surface area is 153 Å². The Balaban J connectivity index is 1.79. The van der Waals surface area contributed by atoms with E-state index in [1.54, 1.807) is 24.5 Å². The van der Waals surface area contributed by atoms with E-state index in [9.17, 15) is 8.42 Å². The number of rotatable bonds is 3. The van der Waals surface area contributed by atoms with Crippen LogP contribution in [0.3, 0.4) is 0 Å². The number of aromatic amines is 1. The van der Waals surface area contributed by atoms with Gasteiger partial charge >= 0.3 is 0 Å². The number of halogens is 2. The Morgan fingerprint density at radius 1 is 0.960 bits per heavy atom. The molecule has 5 nitrogen and oxygen atoms in total. The molecular formula is C17H11Cl2N3O2S. The normalized spacial score (nSPS) is 11.9. The number of fused-ring (bicyclic) bond motifs is 3. The molecule has 0 aliphatic heterocycles. The van der Waals surface area contributed by atoms with Crippen LogP contribution in [0.1, 0.15) is 0 Å². The van der Waals surface area contributed by atoms with Crippen molar-refractivity contribution in [3.8, 4) is 0 Å². The third kappa shape index (κ3) is 2.93. The van der Waals surface area contributed by atoms with Gasteiger partial charge in [-0.25, -0.2) is 8.42 Å². The lowest BCUT2D eigenvalue weighted by atomic mass is 10.2. The monoisotopic (exact) mass is 391 g/mol. The van der Waals surface area contributed by atoms with Gasteiger partial charge < -0.3 is 4.98 Å². The molecule has 0 aliphatic rings. The van der Waals surface area contributed by atoms with E-state index in [2.05, 4.69) is 14.7 Å². The van der Waals surface area contributed by atoms with Crippen molar-refractivity contribution in [2.75, 3.05) is 4.72 Å². The number of pyridine rings is 1. The third-order valence-electron chi connectivity index (χ3n) is 3.84. The lowest BCUT2D eigenvalue weighted by Crippen LogP contribution is -2.13. The Bertz CT molecular complexity index is 1220. The number of aromatic nitrogens is 2. The first-order valence-electron chi connectivity index (χ1n) is 7.27. The lowest BCUT2D eigenvalue weighted by molar-refractivity contribution is 0.601. The topological polar surface area (TPSA) is 74.8 Å². The zero-order valence-electron chi connectivity index (χ0n) is 12.6. The summed E-state index contributed by atoms with van der Waals surface area (Å²) < 4.78 is 27.8. The predicted octanol–water partition coefficient (Wildman–Crippen LogP) is 4.82. The molecule has 0 aliphatic carbocycles. The summed E-state index contributed by atoms with van der Waals surface area (Å²) in [5.41, 5.74) is 2.25. The molecule has 0 fully saturated rings. The molecule has 126 valence electrons. The number of sulfonamides is 1. The maximum absolute atomic E-state index is 12.6. The first-order valence-corrected chi connectivity index (χ1v) is 9.51. The smallest absolute Gasteiger partial charge is 0.263 e. The summed E-state index contributed by atoms with van der Waals surface area (Å²) in [5.74, 6) is 0. The van der Waals surface area contributed by atoms with E-state index < -0.39 is 10.0 Å². The van der Waals surface area contributed by atoms with Crippen molar-refractivity contribution in [2.24, 2.45) is 0 Å². The van der Waals surface area contributed by atoms with Crippen LogP contribution in [0.25, 0.3) is 21.8 Å². The van der Waals surface area contributed by atoms with Crippen LogP contribution >= 0.6 is 23.2 Å². The van der Waals surface area contributed by atoms with Crippen molar-refractivity contribution in [1.29, 1.82) is 0 Å². The van der Waals surface area contributed by atoms with Gasteiger partial charge in [0.2, 0.25) is 0 Å². The highest BCUT2D eigenvalue weighted by Crippen LogP contribution is 2.30. The first kappa shape index (κ1) is 16.2. The van der Waals surface area contributed by atoms with E-state index in [-0.39, 0.29) is 9.92 Å². The van der Waals surface area contributed by atoms with Crippen molar-refractivity contribution in [3.05, 3.63) is 64.9 Å². The maximum atomic E-state index is 12.6. The van der Waals surface area contributed by atoms with Crippen LogP contribution < -0.4 is 4.72 Å². The van der Waals surface area contributed by atoms with Gasteiger partial charge in [0.25, 0.3) is 10.0 Å². The molecule has 4 rings (SSSR count). The van der Waals surface area contributed by atoms with Crippen molar-refractivity contribution in [3.63, 3.8) is 0 Å². The molecule has 2 N–H and O–H groups in total. The predicted molar refractivity (Wildman–Crippen MR) is 101 cm³/mol. The molecule has 2 heterocycles. The molecule has 2 aromatic heterocycles.